The molecular formula is C14H23N3O4S. The molecule has 1 aliphatic heterocycles. The van der Waals surface area contributed by atoms with Crippen LogP contribution in [0.2, 0.25) is 0 Å². The highest BCUT2D eigenvalue weighted by Crippen LogP contribution is 2.29. The number of ether oxygens (including phenoxy) is 2. The van der Waals surface area contributed by atoms with Gasteiger partial charge in [0.05, 0.1) is 20.0 Å². The Morgan fingerprint density at radius 1 is 1.18 bits per heavy atom. The molecule has 0 spiro atoms. The van der Waals surface area contributed by atoms with Gasteiger partial charge in [0.2, 0.25) is 10.0 Å². The average molecular weight is 329 g/mol. The van der Waals surface area contributed by atoms with E-state index in [0.29, 0.717) is 44.2 Å². The van der Waals surface area contributed by atoms with E-state index < -0.39 is 10.0 Å². The predicted octanol–water partition coefficient (Wildman–Crippen LogP) is 0.566. The molecule has 0 aliphatic carbocycles. The fourth-order valence-electron chi connectivity index (χ4n) is 2.52. The summed E-state index contributed by atoms with van der Waals surface area (Å²) in [5, 5.41) is 0. The van der Waals surface area contributed by atoms with E-state index in [1.54, 1.807) is 37.7 Å². The summed E-state index contributed by atoms with van der Waals surface area (Å²) in [6, 6.07) is 1.76. The quantitative estimate of drug-likeness (QED) is 0.760. The first kappa shape index (κ1) is 17.0. The number of rotatable bonds is 6. The molecule has 1 saturated heterocycles. The molecule has 8 heteroatoms. The van der Waals surface area contributed by atoms with E-state index in [0.717, 1.165) is 5.69 Å². The van der Waals surface area contributed by atoms with Crippen LogP contribution in [0.15, 0.2) is 12.3 Å². The molecule has 0 aromatic carbocycles. The molecule has 0 atom stereocenters. The van der Waals surface area contributed by atoms with Crippen molar-refractivity contribution in [2.24, 2.45) is 0 Å². The molecule has 1 aliphatic rings. The zero-order valence-electron chi connectivity index (χ0n) is 13.3. The smallest absolute Gasteiger partial charge is 0.213 e. The number of nitrogens with zero attached hydrogens (tertiary/aromatic N) is 3. The first-order chi connectivity index (χ1) is 10.5. The highest BCUT2D eigenvalue weighted by molar-refractivity contribution is 7.89. The lowest BCUT2D eigenvalue weighted by Gasteiger charge is -2.33. The molecule has 2 rings (SSSR count). The van der Waals surface area contributed by atoms with Gasteiger partial charge in [-0.3, -0.25) is 9.88 Å². The summed E-state index contributed by atoms with van der Waals surface area (Å²) in [7, 11) is 0.0906. The minimum atomic E-state index is -3.09. The van der Waals surface area contributed by atoms with Crippen molar-refractivity contribution in [1.29, 1.82) is 0 Å². The van der Waals surface area contributed by atoms with Gasteiger partial charge in [0.25, 0.3) is 0 Å². The Bertz CT molecular complexity index is 598. The van der Waals surface area contributed by atoms with Crippen molar-refractivity contribution in [1.82, 2.24) is 14.2 Å². The van der Waals surface area contributed by atoms with Crippen molar-refractivity contribution < 1.29 is 17.9 Å². The SMILES string of the molecule is CCS(=O)(=O)N1CCN(Cc2nccc(OC)c2OC)CC1. The molecule has 124 valence electrons. The maximum atomic E-state index is 11.9. The van der Waals surface area contributed by atoms with Gasteiger partial charge in [-0.25, -0.2) is 8.42 Å². The summed E-state index contributed by atoms with van der Waals surface area (Å²) in [6.45, 7) is 4.68. The molecule has 0 radical (unpaired) electrons. The molecule has 0 saturated carbocycles. The lowest BCUT2D eigenvalue weighted by Crippen LogP contribution is -2.48. The Morgan fingerprint density at radius 3 is 2.41 bits per heavy atom. The molecule has 1 fully saturated rings. The van der Waals surface area contributed by atoms with Crippen LogP contribution in [0.3, 0.4) is 0 Å². The Kier molecular flexibility index (Phi) is 5.60. The van der Waals surface area contributed by atoms with Crippen molar-refractivity contribution in [3.05, 3.63) is 18.0 Å². The third-order valence-corrected chi connectivity index (χ3v) is 5.71. The number of piperazine rings is 1. The van der Waals surface area contributed by atoms with Gasteiger partial charge >= 0.3 is 0 Å². The van der Waals surface area contributed by atoms with Crippen LogP contribution >= 0.6 is 0 Å². The molecule has 0 amide bonds. The highest BCUT2D eigenvalue weighted by Gasteiger charge is 2.26. The van der Waals surface area contributed by atoms with Crippen LogP contribution in [0.5, 0.6) is 11.5 Å². The summed E-state index contributed by atoms with van der Waals surface area (Å²) in [4.78, 5) is 6.53. The molecule has 1 aromatic heterocycles. The third kappa shape index (κ3) is 3.68. The molecular weight excluding hydrogens is 306 g/mol. The van der Waals surface area contributed by atoms with Crippen molar-refractivity contribution in [3.63, 3.8) is 0 Å². The second-order valence-electron chi connectivity index (χ2n) is 5.07. The van der Waals surface area contributed by atoms with Crippen LogP contribution in [0, 0.1) is 0 Å². The van der Waals surface area contributed by atoms with Crippen molar-refractivity contribution >= 4 is 10.0 Å². The van der Waals surface area contributed by atoms with E-state index in [4.69, 9.17) is 9.47 Å². The standard InChI is InChI=1S/C14H23N3O4S/c1-4-22(18,19)17-9-7-16(8-10-17)11-12-14(21-3)13(20-2)5-6-15-12/h5-6H,4,7-11H2,1-3H3. The zero-order valence-corrected chi connectivity index (χ0v) is 14.1. The van der Waals surface area contributed by atoms with Gasteiger partial charge < -0.3 is 9.47 Å². The van der Waals surface area contributed by atoms with Gasteiger partial charge in [-0.1, -0.05) is 0 Å². The predicted molar refractivity (Wildman–Crippen MR) is 83.7 cm³/mol. The normalized spacial score (nSPS) is 17.4. The highest BCUT2D eigenvalue weighted by atomic mass is 32.2. The van der Waals surface area contributed by atoms with E-state index in [-0.39, 0.29) is 5.75 Å². The molecule has 7 nitrogen and oxygen atoms in total. The van der Waals surface area contributed by atoms with E-state index in [1.165, 1.54) is 0 Å². The number of aromatic nitrogens is 1. The van der Waals surface area contributed by atoms with Crippen molar-refractivity contribution in [2.45, 2.75) is 13.5 Å². The number of methoxy groups -OCH3 is 2. The van der Waals surface area contributed by atoms with E-state index in [2.05, 4.69) is 9.88 Å². The van der Waals surface area contributed by atoms with E-state index >= 15 is 0 Å². The Hall–Kier alpha value is -1.38. The molecule has 0 N–H and O–H groups in total. The Balaban J connectivity index is 2.02. The molecule has 22 heavy (non-hydrogen) atoms. The largest absolute Gasteiger partial charge is 0.493 e. The van der Waals surface area contributed by atoms with Crippen LogP contribution in [0.25, 0.3) is 0 Å². The number of hydrogen-bond acceptors (Lipinski definition) is 6. The van der Waals surface area contributed by atoms with Crippen molar-refractivity contribution in [3.8, 4) is 11.5 Å². The molecule has 0 bridgehead atoms. The van der Waals surface area contributed by atoms with Crippen LogP contribution < -0.4 is 9.47 Å². The average Bonchev–Trinajstić information content (AvgIpc) is 2.55. The van der Waals surface area contributed by atoms with E-state index in [9.17, 15) is 8.42 Å². The minimum Gasteiger partial charge on any atom is -0.493 e. The van der Waals surface area contributed by atoms with Gasteiger partial charge in [-0.05, 0) is 6.92 Å². The maximum absolute atomic E-state index is 11.9. The summed E-state index contributed by atoms with van der Waals surface area (Å²) < 4.78 is 35.9. The van der Waals surface area contributed by atoms with Gasteiger partial charge in [0.1, 0.15) is 5.69 Å². The number of pyridine rings is 1. The van der Waals surface area contributed by atoms with Crippen LogP contribution in [-0.2, 0) is 16.6 Å². The summed E-state index contributed by atoms with van der Waals surface area (Å²) in [5.41, 5.74) is 0.800. The fourth-order valence-corrected chi connectivity index (χ4v) is 3.61. The summed E-state index contributed by atoms with van der Waals surface area (Å²) in [6.07, 6.45) is 1.69. The molecule has 1 aromatic rings. The van der Waals surface area contributed by atoms with E-state index in [1.807, 2.05) is 0 Å². The van der Waals surface area contributed by atoms with Gasteiger partial charge in [-0.2, -0.15) is 4.31 Å². The lowest BCUT2D eigenvalue weighted by atomic mass is 10.2. The first-order valence-electron chi connectivity index (χ1n) is 7.27. The van der Waals surface area contributed by atoms with Crippen LogP contribution in [0.1, 0.15) is 12.6 Å². The summed E-state index contributed by atoms with van der Waals surface area (Å²) in [5.74, 6) is 1.44. The Labute approximate surface area is 131 Å². The second-order valence-corrected chi connectivity index (χ2v) is 7.33. The second kappa shape index (κ2) is 7.26. The summed E-state index contributed by atoms with van der Waals surface area (Å²) >= 11 is 0. The minimum absolute atomic E-state index is 0.151. The van der Waals surface area contributed by atoms with Gasteiger partial charge in [0.15, 0.2) is 11.5 Å². The lowest BCUT2D eigenvalue weighted by molar-refractivity contribution is 0.177. The zero-order chi connectivity index (χ0) is 16.2. The van der Waals surface area contributed by atoms with Gasteiger partial charge in [-0.15, -0.1) is 0 Å². The topological polar surface area (TPSA) is 72.0 Å². The Morgan fingerprint density at radius 2 is 1.86 bits per heavy atom. The number of hydrogen-bond donors (Lipinski definition) is 0. The van der Waals surface area contributed by atoms with Crippen molar-refractivity contribution in [2.75, 3.05) is 46.2 Å². The third-order valence-electron chi connectivity index (χ3n) is 3.83. The monoisotopic (exact) mass is 329 g/mol. The maximum Gasteiger partial charge on any atom is 0.213 e. The fraction of sp³-hybridized carbons (Fsp3) is 0.643. The number of sulfonamides is 1. The molecule has 0 unspecified atom stereocenters. The van der Waals surface area contributed by atoms with Gasteiger partial charge in [0, 0.05) is 45.0 Å². The first-order valence-corrected chi connectivity index (χ1v) is 8.88. The molecule has 2 heterocycles. The van der Waals surface area contributed by atoms with Crippen LogP contribution in [0.4, 0.5) is 0 Å². The van der Waals surface area contributed by atoms with Crippen LogP contribution in [-0.4, -0.2) is 68.8 Å².